The van der Waals surface area contributed by atoms with E-state index in [1.165, 1.54) is 5.56 Å². The zero-order valence-electron chi connectivity index (χ0n) is 7.66. The molecule has 0 N–H and O–H groups in total. The van der Waals surface area contributed by atoms with Gasteiger partial charge in [-0.15, -0.1) is 0 Å². The van der Waals surface area contributed by atoms with E-state index in [0.29, 0.717) is 6.42 Å². The standard InChI is InChI=1S/C12H12O/c1-12(8-7-11(13)9-12)10-5-3-2-4-6-10/h2-8H,9H2,1H3/t12-/m0/s1. The highest BCUT2D eigenvalue weighted by molar-refractivity contribution is 5.94. The van der Waals surface area contributed by atoms with Crippen molar-refractivity contribution < 1.29 is 4.79 Å². The maximum Gasteiger partial charge on any atom is 0.156 e. The van der Waals surface area contributed by atoms with Gasteiger partial charge < -0.3 is 0 Å². The molecular weight excluding hydrogens is 160 g/mol. The topological polar surface area (TPSA) is 17.1 Å². The summed E-state index contributed by atoms with van der Waals surface area (Å²) in [6.07, 6.45) is 4.30. The molecule has 0 bridgehead atoms. The van der Waals surface area contributed by atoms with Gasteiger partial charge in [0.2, 0.25) is 0 Å². The molecule has 66 valence electrons. The van der Waals surface area contributed by atoms with Gasteiger partial charge in [0.25, 0.3) is 0 Å². The number of benzene rings is 1. The van der Waals surface area contributed by atoms with Crippen LogP contribution < -0.4 is 0 Å². The fourth-order valence-electron chi connectivity index (χ4n) is 1.77. The average molecular weight is 172 g/mol. The van der Waals surface area contributed by atoms with Crippen LogP contribution in [0.4, 0.5) is 0 Å². The van der Waals surface area contributed by atoms with E-state index in [4.69, 9.17) is 0 Å². The molecule has 1 aliphatic carbocycles. The lowest BCUT2D eigenvalue weighted by molar-refractivity contribution is -0.114. The second kappa shape index (κ2) is 2.84. The fourth-order valence-corrected chi connectivity index (χ4v) is 1.77. The molecule has 1 aliphatic rings. The first kappa shape index (κ1) is 8.24. The predicted octanol–water partition coefficient (Wildman–Crippen LogP) is 2.47. The van der Waals surface area contributed by atoms with Crippen LogP contribution in [-0.2, 0) is 10.2 Å². The molecule has 1 nitrogen and oxygen atoms in total. The number of allylic oxidation sites excluding steroid dienone is 2. The first-order valence-electron chi connectivity index (χ1n) is 4.48. The Morgan fingerprint density at radius 1 is 1.23 bits per heavy atom. The van der Waals surface area contributed by atoms with Crippen LogP contribution in [0.25, 0.3) is 0 Å². The maximum absolute atomic E-state index is 11.1. The first-order valence-corrected chi connectivity index (χ1v) is 4.48. The molecule has 0 saturated heterocycles. The van der Waals surface area contributed by atoms with Gasteiger partial charge in [-0.2, -0.15) is 0 Å². The fraction of sp³-hybridized carbons (Fsp3) is 0.250. The van der Waals surface area contributed by atoms with E-state index in [9.17, 15) is 4.79 Å². The Labute approximate surface area is 78.1 Å². The van der Waals surface area contributed by atoms with Crippen LogP contribution in [0.15, 0.2) is 42.5 Å². The van der Waals surface area contributed by atoms with E-state index in [-0.39, 0.29) is 11.2 Å². The van der Waals surface area contributed by atoms with Gasteiger partial charge in [0, 0.05) is 11.8 Å². The van der Waals surface area contributed by atoms with Crippen LogP contribution >= 0.6 is 0 Å². The summed E-state index contributed by atoms with van der Waals surface area (Å²) in [6.45, 7) is 2.10. The number of hydrogen-bond donors (Lipinski definition) is 0. The number of ketones is 1. The van der Waals surface area contributed by atoms with Crippen molar-refractivity contribution in [1.82, 2.24) is 0 Å². The summed E-state index contributed by atoms with van der Waals surface area (Å²) in [5.74, 6) is 0.228. The minimum Gasteiger partial charge on any atom is -0.295 e. The lowest BCUT2D eigenvalue weighted by atomic mass is 9.82. The van der Waals surface area contributed by atoms with Crippen molar-refractivity contribution in [2.24, 2.45) is 0 Å². The van der Waals surface area contributed by atoms with Crippen molar-refractivity contribution in [1.29, 1.82) is 0 Å². The smallest absolute Gasteiger partial charge is 0.156 e. The zero-order valence-corrected chi connectivity index (χ0v) is 7.66. The molecule has 0 aliphatic heterocycles. The third-order valence-corrected chi connectivity index (χ3v) is 2.61. The quantitative estimate of drug-likeness (QED) is 0.636. The Morgan fingerprint density at radius 3 is 2.46 bits per heavy atom. The largest absolute Gasteiger partial charge is 0.295 e. The molecule has 2 rings (SSSR count). The molecule has 0 amide bonds. The van der Waals surface area contributed by atoms with Gasteiger partial charge in [-0.1, -0.05) is 43.3 Å². The Balaban J connectivity index is 2.37. The van der Waals surface area contributed by atoms with E-state index < -0.39 is 0 Å². The number of rotatable bonds is 1. The van der Waals surface area contributed by atoms with Crippen LogP contribution in [0.1, 0.15) is 18.9 Å². The van der Waals surface area contributed by atoms with Crippen LogP contribution in [0, 0.1) is 0 Å². The molecule has 0 aromatic heterocycles. The number of carbonyl (C=O) groups excluding carboxylic acids is 1. The highest BCUT2D eigenvalue weighted by Gasteiger charge is 2.30. The number of carbonyl (C=O) groups is 1. The van der Waals surface area contributed by atoms with Crippen molar-refractivity contribution in [3.63, 3.8) is 0 Å². The molecule has 0 fully saturated rings. The van der Waals surface area contributed by atoms with Gasteiger partial charge in [0.1, 0.15) is 0 Å². The molecular formula is C12H12O. The lowest BCUT2D eigenvalue weighted by Crippen LogP contribution is -2.17. The lowest BCUT2D eigenvalue weighted by Gasteiger charge is -2.21. The Kier molecular flexibility index (Phi) is 1.80. The van der Waals surface area contributed by atoms with Gasteiger partial charge in [-0.25, -0.2) is 0 Å². The second-order valence-corrected chi connectivity index (χ2v) is 3.76. The van der Waals surface area contributed by atoms with Crippen LogP contribution in [0.3, 0.4) is 0 Å². The predicted molar refractivity (Wildman–Crippen MR) is 52.6 cm³/mol. The molecule has 1 aromatic carbocycles. The van der Waals surface area contributed by atoms with Crippen molar-refractivity contribution in [3.05, 3.63) is 48.0 Å². The van der Waals surface area contributed by atoms with Crippen molar-refractivity contribution >= 4 is 5.78 Å². The van der Waals surface area contributed by atoms with Crippen LogP contribution in [0.5, 0.6) is 0 Å². The van der Waals surface area contributed by atoms with Gasteiger partial charge >= 0.3 is 0 Å². The maximum atomic E-state index is 11.1. The SMILES string of the molecule is C[C@]1(c2ccccc2)C=CC(=O)C1. The van der Waals surface area contributed by atoms with Crippen molar-refractivity contribution in [2.45, 2.75) is 18.8 Å². The summed E-state index contributed by atoms with van der Waals surface area (Å²) >= 11 is 0. The Bertz CT molecular complexity index is 351. The van der Waals surface area contributed by atoms with Crippen molar-refractivity contribution in [3.8, 4) is 0 Å². The first-order chi connectivity index (χ1) is 6.21. The molecule has 13 heavy (non-hydrogen) atoms. The van der Waals surface area contributed by atoms with E-state index >= 15 is 0 Å². The Morgan fingerprint density at radius 2 is 1.92 bits per heavy atom. The summed E-state index contributed by atoms with van der Waals surface area (Å²) in [7, 11) is 0. The Hall–Kier alpha value is -1.37. The third kappa shape index (κ3) is 1.42. The van der Waals surface area contributed by atoms with Gasteiger partial charge in [-0.05, 0) is 11.6 Å². The molecule has 0 spiro atoms. The number of hydrogen-bond acceptors (Lipinski definition) is 1. The van der Waals surface area contributed by atoms with Gasteiger partial charge in [-0.3, -0.25) is 4.79 Å². The van der Waals surface area contributed by atoms with Crippen LogP contribution in [-0.4, -0.2) is 5.78 Å². The molecule has 0 radical (unpaired) electrons. The summed E-state index contributed by atoms with van der Waals surface area (Å²) in [5.41, 5.74) is 1.15. The average Bonchev–Trinajstić information content (AvgIpc) is 2.49. The summed E-state index contributed by atoms with van der Waals surface area (Å²) in [4.78, 5) is 11.1. The van der Waals surface area contributed by atoms with Crippen molar-refractivity contribution in [2.75, 3.05) is 0 Å². The summed E-state index contributed by atoms with van der Waals surface area (Å²) in [5, 5.41) is 0. The summed E-state index contributed by atoms with van der Waals surface area (Å²) < 4.78 is 0. The van der Waals surface area contributed by atoms with E-state index in [0.717, 1.165) is 0 Å². The normalized spacial score (nSPS) is 26.7. The summed E-state index contributed by atoms with van der Waals surface area (Å²) in [6, 6.07) is 10.2. The van der Waals surface area contributed by atoms with E-state index in [2.05, 4.69) is 19.1 Å². The highest BCUT2D eigenvalue weighted by Crippen LogP contribution is 2.33. The van der Waals surface area contributed by atoms with Crippen LogP contribution in [0.2, 0.25) is 0 Å². The minimum absolute atomic E-state index is 0.0711. The minimum atomic E-state index is -0.0711. The second-order valence-electron chi connectivity index (χ2n) is 3.76. The molecule has 0 heterocycles. The third-order valence-electron chi connectivity index (χ3n) is 2.61. The van der Waals surface area contributed by atoms with E-state index in [1.807, 2.05) is 24.3 Å². The molecule has 0 unspecified atom stereocenters. The zero-order chi connectivity index (χ0) is 9.31. The molecule has 1 aromatic rings. The monoisotopic (exact) mass is 172 g/mol. The molecule has 1 heteroatoms. The highest BCUT2D eigenvalue weighted by atomic mass is 16.1. The van der Waals surface area contributed by atoms with Gasteiger partial charge in [0.05, 0.1) is 0 Å². The molecule has 1 atom stereocenters. The van der Waals surface area contributed by atoms with Gasteiger partial charge in [0.15, 0.2) is 5.78 Å². The molecule has 0 saturated carbocycles. The van der Waals surface area contributed by atoms with E-state index in [1.54, 1.807) is 6.08 Å².